The minimum atomic E-state index is -3.64. The molecule has 1 atom stereocenters. The lowest BCUT2D eigenvalue weighted by molar-refractivity contribution is -0.127. The molecular formula is C23H28FN3O4S. The Bertz CT molecular complexity index is 1030. The number of rotatable bonds is 8. The predicted molar refractivity (Wildman–Crippen MR) is 118 cm³/mol. The standard InChI is InChI=1S/C23H28FN3O4S/c1-2-31-20-9-11-21(12-10-20)32(29,30)27-15-13-26(14-16-27)22(23(28)25-19-7-8-19)17-3-5-18(24)6-4-17/h3-6,9-12,19,22H,2,7-8,13-16H2,1H3,(H,25,28). The molecule has 2 aliphatic rings. The number of hydrogen-bond donors (Lipinski definition) is 1. The molecule has 0 spiro atoms. The number of benzene rings is 2. The first-order valence-electron chi connectivity index (χ1n) is 10.9. The van der Waals surface area contributed by atoms with Crippen molar-refractivity contribution in [1.29, 1.82) is 0 Å². The lowest BCUT2D eigenvalue weighted by Crippen LogP contribution is -2.52. The topological polar surface area (TPSA) is 79.0 Å². The fraction of sp³-hybridized carbons (Fsp3) is 0.435. The molecule has 1 N–H and O–H groups in total. The van der Waals surface area contributed by atoms with Gasteiger partial charge in [0.05, 0.1) is 11.5 Å². The van der Waals surface area contributed by atoms with Gasteiger partial charge in [0, 0.05) is 32.2 Å². The molecule has 0 aromatic heterocycles. The van der Waals surface area contributed by atoms with Crippen LogP contribution in [0.15, 0.2) is 53.4 Å². The van der Waals surface area contributed by atoms with Crippen molar-refractivity contribution in [2.75, 3.05) is 32.8 Å². The van der Waals surface area contributed by atoms with Crippen molar-refractivity contribution < 1.29 is 22.3 Å². The van der Waals surface area contributed by atoms with E-state index in [2.05, 4.69) is 5.32 Å². The normalized spacial score (nSPS) is 18.8. The van der Waals surface area contributed by atoms with E-state index in [0.717, 1.165) is 12.8 Å². The van der Waals surface area contributed by atoms with Crippen LogP contribution in [-0.2, 0) is 14.8 Å². The summed E-state index contributed by atoms with van der Waals surface area (Å²) >= 11 is 0. The third kappa shape index (κ3) is 5.11. The second-order valence-corrected chi connectivity index (χ2v) is 10.0. The zero-order chi connectivity index (χ0) is 22.7. The van der Waals surface area contributed by atoms with Gasteiger partial charge in [0.15, 0.2) is 0 Å². The summed E-state index contributed by atoms with van der Waals surface area (Å²) in [5.41, 5.74) is 0.701. The SMILES string of the molecule is CCOc1ccc(S(=O)(=O)N2CCN(C(C(=O)NC3CC3)c3ccc(F)cc3)CC2)cc1. The average Bonchev–Trinajstić information content (AvgIpc) is 3.60. The summed E-state index contributed by atoms with van der Waals surface area (Å²) in [6.45, 7) is 3.71. The van der Waals surface area contributed by atoms with E-state index in [-0.39, 0.29) is 35.8 Å². The molecule has 4 rings (SSSR count). The van der Waals surface area contributed by atoms with Crippen LogP contribution in [0.2, 0.25) is 0 Å². The number of ether oxygens (including phenoxy) is 1. The van der Waals surface area contributed by atoms with Crippen molar-refractivity contribution in [3.8, 4) is 5.75 Å². The Labute approximate surface area is 188 Å². The highest BCUT2D eigenvalue weighted by atomic mass is 32.2. The fourth-order valence-electron chi connectivity index (χ4n) is 3.91. The number of hydrogen-bond acceptors (Lipinski definition) is 5. The molecule has 9 heteroatoms. The molecular weight excluding hydrogens is 433 g/mol. The van der Waals surface area contributed by atoms with E-state index in [1.165, 1.54) is 16.4 Å². The van der Waals surface area contributed by atoms with E-state index in [1.807, 2.05) is 11.8 Å². The first-order valence-corrected chi connectivity index (χ1v) is 12.4. The molecule has 1 aliphatic heterocycles. The highest BCUT2D eigenvalue weighted by Gasteiger charge is 2.36. The lowest BCUT2D eigenvalue weighted by atomic mass is 10.0. The molecule has 1 saturated heterocycles. The van der Waals surface area contributed by atoms with Gasteiger partial charge in [0.1, 0.15) is 17.6 Å². The number of carbonyl (C=O) groups is 1. The molecule has 0 bridgehead atoms. The second-order valence-electron chi connectivity index (χ2n) is 8.08. The molecule has 0 radical (unpaired) electrons. The van der Waals surface area contributed by atoms with Gasteiger partial charge in [-0.25, -0.2) is 12.8 Å². The van der Waals surface area contributed by atoms with Crippen LogP contribution in [0, 0.1) is 5.82 Å². The van der Waals surface area contributed by atoms with E-state index in [1.54, 1.807) is 36.4 Å². The maximum atomic E-state index is 13.4. The Morgan fingerprint density at radius 3 is 2.25 bits per heavy atom. The zero-order valence-electron chi connectivity index (χ0n) is 18.0. The fourth-order valence-corrected chi connectivity index (χ4v) is 5.33. The Kier molecular flexibility index (Phi) is 6.78. The first kappa shape index (κ1) is 22.7. The van der Waals surface area contributed by atoms with E-state index in [0.29, 0.717) is 31.0 Å². The predicted octanol–water partition coefficient (Wildman–Crippen LogP) is 2.55. The highest BCUT2D eigenvalue weighted by molar-refractivity contribution is 7.89. The van der Waals surface area contributed by atoms with Crippen LogP contribution in [0.1, 0.15) is 31.4 Å². The van der Waals surface area contributed by atoms with E-state index >= 15 is 0 Å². The maximum Gasteiger partial charge on any atom is 0.243 e. The van der Waals surface area contributed by atoms with E-state index in [4.69, 9.17) is 4.74 Å². The number of nitrogens with zero attached hydrogens (tertiary/aromatic N) is 2. The quantitative estimate of drug-likeness (QED) is 0.654. The molecule has 1 saturated carbocycles. The monoisotopic (exact) mass is 461 g/mol. The van der Waals surface area contributed by atoms with Crippen molar-refractivity contribution in [1.82, 2.24) is 14.5 Å². The van der Waals surface area contributed by atoms with Crippen molar-refractivity contribution in [3.63, 3.8) is 0 Å². The minimum Gasteiger partial charge on any atom is -0.494 e. The Balaban J connectivity index is 1.47. The number of nitrogens with one attached hydrogen (secondary N) is 1. The number of sulfonamides is 1. The molecule has 1 unspecified atom stereocenters. The van der Waals surface area contributed by atoms with E-state index in [9.17, 15) is 17.6 Å². The van der Waals surface area contributed by atoms with E-state index < -0.39 is 16.1 Å². The van der Waals surface area contributed by atoms with Gasteiger partial charge in [-0.1, -0.05) is 12.1 Å². The minimum absolute atomic E-state index is 0.123. The molecule has 32 heavy (non-hydrogen) atoms. The van der Waals surface area contributed by atoms with Crippen LogP contribution in [0.25, 0.3) is 0 Å². The summed E-state index contributed by atoms with van der Waals surface area (Å²) in [6, 6.07) is 12.0. The van der Waals surface area contributed by atoms with Crippen molar-refractivity contribution in [3.05, 3.63) is 59.9 Å². The Morgan fingerprint density at radius 1 is 1.06 bits per heavy atom. The third-order valence-electron chi connectivity index (χ3n) is 5.77. The molecule has 2 aromatic carbocycles. The van der Waals surface area contributed by atoms with Crippen LogP contribution in [0.5, 0.6) is 5.75 Å². The smallest absolute Gasteiger partial charge is 0.243 e. The molecule has 2 fully saturated rings. The van der Waals surface area contributed by atoms with Crippen molar-refractivity contribution in [2.24, 2.45) is 0 Å². The highest BCUT2D eigenvalue weighted by Crippen LogP contribution is 2.28. The van der Waals surface area contributed by atoms with Crippen LogP contribution in [0.4, 0.5) is 4.39 Å². The van der Waals surface area contributed by atoms with Crippen LogP contribution in [-0.4, -0.2) is 62.4 Å². The third-order valence-corrected chi connectivity index (χ3v) is 7.68. The summed E-state index contributed by atoms with van der Waals surface area (Å²) < 4.78 is 46.4. The largest absolute Gasteiger partial charge is 0.494 e. The average molecular weight is 462 g/mol. The van der Waals surface area contributed by atoms with Crippen molar-refractivity contribution >= 4 is 15.9 Å². The van der Waals surface area contributed by atoms with Gasteiger partial charge in [-0.05, 0) is 61.7 Å². The van der Waals surface area contributed by atoms with Crippen LogP contribution < -0.4 is 10.1 Å². The maximum absolute atomic E-state index is 13.4. The molecule has 7 nitrogen and oxygen atoms in total. The zero-order valence-corrected chi connectivity index (χ0v) is 18.9. The summed E-state index contributed by atoms with van der Waals surface area (Å²) in [4.78, 5) is 15.2. The number of piperazine rings is 1. The van der Waals surface area contributed by atoms with Gasteiger partial charge in [0.2, 0.25) is 15.9 Å². The van der Waals surface area contributed by atoms with Gasteiger partial charge >= 0.3 is 0 Å². The summed E-state index contributed by atoms with van der Waals surface area (Å²) in [5.74, 6) is 0.142. The van der Waals surface area contributed by atoms with Gasteiger partial charge < -0.3 is 10.1 Å². The van der Waals surface area contributed by atoms with Crippen LogP contribution in [0.3, 0.4) is 0 Å². The van der Waals surface area contributed by atoms with Crippen molar-refractivity contribution in [2.45, 2.75) is 36.7 Å². The summed E-state index contributed by atoms with van der Waals surface area (Å²) in [5, 5.41) is 3.03. The van der Waals surface area contributed by atoms with Gasteiger partial charge in [0.25, 0.3) is 0 Å². The Morgan fingerprint density at radius 2 is 1.69 bits per heavy atom. The molecule has 2 aromatic rings. The first-order chi connectivity index (χ1) is 15.4. The van der Waals surface area contributed by atoms with Gasteiger partial charge in [-0.2, -0.15) is 4.31 Å². The van der Waals surface area contributed by atoms with Gasteiger partial charge in [-0.15, -0.1) is 0 Å². The summed E-state index contributed by atoms with van der Waals surface area (Å²) in [7, 11) is -3.64. The lowest BCUT2D eigenvalue weighted by Gasteiger charge is -2.38. The number of amides is 1. The van der Waals surface area contributed by atoms with Gasteiger partial charge in [-0.3, -0.25) is 9.69 Å². The Hall–Kier alpha value is -2.49. The number of carbonyl (C=O) groups excluding carboxylic acids is 1. The molecule has 172 valence electrons. The van der Waals surface area contributed by atoms with Crippen LogP contribution >= 0.6 is 0 Å². The second kappa shape index (κ2) is 9.56. The number of halogens is 1. The molecule has 1 amide bonds. The molecule has 1 aliphatic carbocycles. The molecule has 1 heterocycles. The summed E-state index contributed by atoms with van der Waals surface area (Å²) in [6.07, 6.45) is 1.94.